The van der Waals surface area contributed by atoms with E-state index in [1.165, 1.54) is 58.9 Å². The molecule has 0 saturated heterocycles. The number of fused-ring (bicyclic) bond motifs is 6. The van der Waals surface area contributed by atoms with Crippen molar-refractivity contribution >= 4 is 64.8 Å². The molecule has 21 heteroatoms. The zero-order chi connectivity index (χ0) is 64.9. The number of ketones is 2. The van der Waals surface area contributed by atoms with E-state index < -0.39 is 42.1 Å². The summed E-state index contributed by atoms with van der Waals surface area (Å²) in [4.78, 5) is 134. The number of nitrogens with zero attached hydrogens (tertiary/aromatic N) is 5. The fourth-order valence-electron chi connectivity index (χ4n) is 12.5. The third kappa shape index (κ3) is 14.0. The summed E-state index contributed by atoms with van der Waals surface area (Å²) in [5, 5.41) is 15.2. The maximum atomic E-state index is 14.8. The van der Waals surface area contributed by atoms with Crippen LogP contribution in [0.15, 0.2) is 131 Å². The zero-order valence-corrected chi connectivity index (χ0v) is 52.0. The van der Waals surface area contributed by atoms with E-state index in [2.05, 4.69) is 16.4 Å². The first kappa shape index (κ1) is 63.5. The fraction of sp³-hybridized carbons (Fsp3) is 0.352. The van der Waals surface area contributed by atoms with Crippen LogP contribution in [0.3, 0.4) is 0 Å². The topological polar surface area (TPSA) is 264 Å². The van der Waals surface area contributed by atoms with Crippen molar-refractivity contribution in [3.05, 3.63) is 193 Å². The van der Waals surface area contributed by atoms with Crippen LogP contribution in [0.4, 0.5) is 16.2 Å². The highest BCUT2D eigenvalue weighted by atomic mass is 16.6. The molecule has 6 aromatic rings. The Morgan fingerprint density at radius 1 is 0.696 bits per heavy atom. The Labute approximate surface area is 532 Å². The Hall–Kier alpha value is -10.0. The Morgan fingerprint density at radius 2 is 1.33 bits per heavy atom. The number of anilines is 1. The van der Waals surface area contributed by atoms with Gasteiger partial charge in [0.15, 0.2) is 28.9 Å². The third-order valence-electron chi connectivity index (χ3n) is 17.7. The van der Waals surface area contributed by atoms with Crippen LogP contribution in [0.5, 0.6) is 17.2 Å². The molecule has 0 spiro atoms. The number of H-pyrrole nitrogens is 1. The van der Waals surface area contributed by atoms with Crippen molar-refractivity contribution in [2.45, 2.75) is 136 Å². The van der Waals surface area contributed by atoms with Crippen LogP contribution in [-0.4, -0.2) is 116 Å². The van der Waals surface area contributed by atoms with Gasteiger partial charge in [-0.15, -0.1) is 0 Å². The van der Waals surface area contributed by atoms with Gasteiger partial charge in [-0.3, -0.25) is 48.2 Å². The van der Waals surface area contributed by atoms with Gasteiger partial charge < -0.3 is 44.2 Å². The van der Waals surface area contributed by atoms with E-state index in [-0.39, 0.29) is 128 Å². The second-order valence-corrected chi connectivity index (χ2v) is 24.4. The van der Waals surface area contributed by atoms with Crippen LogP contribution in [0.25, 0.3) is 0 Å². The first-order valence-corrected chi connectivity index (χ1v) is 31.0. The average Bonchev–Trinajstić information content (AvgIpc) is 1.59. The van der Waals surface area contributed by atoms with Crippen LogP contribution < -0.4 is 29.9 Å². The van der Waals surface area contributed by atoms with Gasteiger partial charge in [0.05, 0.1) is 59.1 Å². The predicted octanol–water partition coefficient (Wildman–Crippen LogP) is 8.51. The number of unbranched alkanes of at least 4 members (excludes halogenated alkanes) is 2. The summed E-state index contributed by atoms with van der Waals surface area (Å²) in [5.74, 6) is -2.17. The molecule has 6 heterocycles. The molecular formula is C71H73N7O14. The Balaban J connectivity index is 0.737. The molecule has 92 heavy (non-hydrogen) atoms. The molecule has 5 aromatic carbocycles. The summed E-state index contributed by atoms with van der Waals surface area (Å²) in [6.07, 6.45) is 4.57. The number of aromatic amines is 1. The second-order valence-electron chi connectivity index (χ2n) is 24.4. The lowest BCUT2D eigenvalue weighted by atomic mass is 9.88. The van der Waals surface area contributed by atoms with Gasteiger partial charge in [0.25, 0.3) is 23.6 Å². The molecule has 21 nitrogen and oxygen atoms in total. The molecule has 0 radical (unpaired) electrons. The highest BCUT2D eigenvalue weighted by Crippen LogP contribution is 2.42. The van der Waals surface area contributed by atoms with Gasteiger partial charge in [-0.2, -0.15) is 0 Å². The Kier molecular flexibility index (Phi) is 19.1. The summed E-state index contributed by atoms with van der Waals surface area (Å²) in [6.45, 7) is 7.52. The van der Waals surface area contributed by atoms with Crippen LogP contribution >= 0.6 is 0 Å². The summed E-state index contributed by atoms with van der Waals surface area (Å²) in [5.41, 5.74) is 7.38. The first-order chi connectivity index (χ1) is 44.3. The highest BCUT2D eigenvalue weighted by Gasteiger charge is 2.46. The minimum Gasteiger partial charge on any atom is -0.493 e. The van der Waals surface area contributed by atoms with Crippen LogP contribution in [0, 0.1) is 18.8 Å². The van der Waals surface area contributed by atoms with E-state index >= 15 is 0 Å². The summed E-state index contributed by atoms with van der Waals surface area (Å²) in [7, 11) is 1.40. The monoisotopic (exact) mass is 1250 g/mol. The number of ether oxygens (including phenoxy) is 4. The molecule has 6 amide bonds. The lowest BCUT2D eigenvalue weighted by Crippen LogP contribution is -2.55. The normalized spacial score (nSPS) is 17.8. The van der Waals surface area contributed by atoms with Crippen molar-refractivity contribution in [1.82, 2.24) is 25.0 Å². The van der Waals surface area contributed by atoms with Gasteiger partial charge in [-0.1, -0.05) is 93.1 Å². The van der Waals surface area contributed by atoms with E-state index in [1.807, 2.05) is 74.4 Å². The molecule has 1 aromatic heterocycles. The van der Waals surface area contributed by atoms with Gasteiger partial charge in [0.1, 0.15) is 31.4 Å². The summed E-state index contributed by atoms with van der Waals surface area (Å²) < 4.78 is 24.4. The van der Waals surface area contributed by atoms with Gasteiger partial charge >= 0.3 is 6.09 Å². The molecule has 0 saturated carbocycles. The molecule has 0 aliphatic carbocycles. The quantitative estimate of drug-likeness (QED) is 0.0401. The fourth-order valence-corrected chi connectivity index (χ4v) is 12.5. The van der Waals surface area contributed by atoms with Crippen LogP contribution in [0.2, 0.25) is 0 Å². The van der Waals surface area contributed by atoms with E-state index in [9.17, 15) is 48.3 Å². The number of Topliss-reactive ketones (excluding diaryl/α,β-unsaturated/α-hetero) is 2. The molecule has 0 bridgehead atoms. The molecule has 1 unspecified atom stereocenters. The molecule has 3 N–H and O–H groups in total. The van der Waals surface area contributed by atoms with E-state index in [0.717, 1.165) is 21.6 Å². The number of nitrogens with one attached hydrogen (secondary N) is 2. The molecule has 5 aliphatic heterocycles. The number of rotatable bonds is 23. The van der Waals surface area contributed by atoms with Gasteiger partial charge in [0.2, 0.25) is 5.91 Å². The number of aryl methyl sites for hydroxylation is 1. The smallest absolute Gasteiger partial charge is 0.416 e. The number of aromatic nitrogens is 1. The number of aliphatic imine (C=N–C) groups is 1. The lowest BCUT2D eigenvalue weighted by Gasteiger charge is -2.39. The van der Waals surface area contributed by atoms with E-state index in [4.69, 9.17) is 23.9 Å². The number of pyridine rings is 1. The number of carbonyl (C=O) groups is 8. The maximum Gasteiger partial charge on any atom is 0.416 e. The van der Waals surface area contributed by atoms with E-state index in [0.29, 0.717) is 77.3 Å². The molecule has 476 valence electrons. The minimum atomic E-state index is -1.61. The SMILES string of the molecule is COc1cc2c(cc1OCc1cc(=O)cc(COc3cc4c(cc3C)C(=O)N3Cc5ccccc5C[C@H]3C=N4)[nH]1)N(C(=O)OCc1ccc(CC(=O)[C@H](C)NC(=O)[C@@H](CC(=O)CCCCCN3C(=O)C=CC3=O)C(C)C)cc1)C(O)[C@@H]1Cc3ccccc3CN1C2=O. The number of carbonyl (C=O) groups excluding carboxylic acids is 8. The largest absolute Gasteiger partial charge is 0.493 e. The van der Waals surface area contributed by atoms with Gasteiger partial charge in [0, 0.05) is 87.4 Å². The Morgan fingerprint density at radius 3 is 2.00 bits per heavy atom. The number of benzene rings is 5. The third-order valence-corrected chi connectivity index (χ3v) is 17.7. The number of aliphatic hydroxyl groups is 1. The summed E-state index contributed by atoms with van der Waals surface area (Å²) >= 11 is 0. The minimum absolute atomic E-state index is 0.0131. The van der Waals surface area contributed by atoms with Gasteiger partial charge in [-0.25, -0.2) is 9.69 Å². The second kappa shape index (κ2) is 27.6. The van der Waals surface area contributed by atoms with Gasteiger partial charge in [-0.05, 0) is 96.5 Å². The number of aliphatic hydroxyl groups excluding tert-OH is 1. The average molecular weight is 1250 g/mol. The van der Waals surface area contributed by atoms with Crippen molar-refractivity contribution in [1.29, 1.82) is 0 Å². The highest BCUT2D eigenvalue weighted by molar-refractivity contribution is 6.13. The predicted molar refractivity (Wildman–Crippen MR) is 339 cm³/mol. The zero-order valence-electron chi connectivity index (χ0n) is 52.0. The number of methoxy groups -OCH3 is 1. The lowest BCUT2D eigenvalue weighted by molar-refractivity contribution is -0.137. The Bertz CT molecular complexity index is 4010. The first-order valence-electron chi connectivity index (χ1n) is 31.0. The molecule has 0 fully saturated rings. The van der Waals surface area contributed by atoms with E-state index in [1.54, 1.807) is 43.3 Å². The number of hydrogen-bond acceptors (Lipinski definition) is 15. The molecular weight excluding hydrogens is 1170 g/mol. The maximum absolute atomic E-state index is 14.8. The molecule has 5 atom stereocenters. The summed E-state index contributed by atoms with van der Waals surface area (Å²) in [6, 6.07) is 29.7. The standard InChI is InChI=1S/C71H73N7O14/c1-41(2)55(31-53(79)17-7-6-12-24-75-65(82)22-23-66(75)83)67(84)73-43(4)61(81)26-44-18-20-45(21-19-44)38-92-71(88)78-59-34-64(63(89-5)32-57(59)69(86)77-37-49-16-11-9-14-47(49)28-60(77)70(78)87)91-40-51-30-54(80)29-50(74-51)39-90-62-33-58-56(25-42(62)3)68(85)76-36-48-15-10-8-13-46(48)27-52(76)35-72-58/h8-11,13-16,18-23,25,29-30,32-35,41,43,52,55,60,70,87H,6-7,12,17,24,26-28,31,36-40H2,1-5H3,(H,73,84)(H,74,80)/t43-,52-,55-,60-,70?/m0/s1. The van der Waals surface area contributed by atoms with Crippen LogP contribution in [-0.2, 0) is 80.9 Å². The molecule has 11 rings (SSSR count). The number of hydrogen-bond donors (Lipinski definition) is 3. The van der Waals surface area contributed by atoms with Crippen molar-refractivity contribution in [2.75, 3.05) is 18.6 Å². The van der Waals surface area contributed by atoms with Crippen LogP contribution in [0.1, 0.15) is 124 Å². The van der Waals surface area contributed by atoms with Crippen molar-refractivity contribution in [3.63, 3.8) is 0 Å². The van der Waals surface area contributed by atoms with Crippen molar-refractivity contribution in [2.24, 2.45) is 16.8 Å². The van der Waals surface area contributed by atoms with Crippen molar-refractivity contribution in [3.8, 4) is 17.2 Å². The van der Waals surface area contributed by atoms with Crippen molar-refractivity contribution < 1.29 is 62.4 Å². The number of imide groups is 1. The number of amides is 6. The molecule has 5 aliphatic rings.